The third-order valence-electron chi connectivity index (χ3n) is 4.91. The third-order valence-corrected chi connectivity index (χ3v) is 6.29. The lowest BCUT2D eigenvalue weighted by Gasteiger charge is -2.13. The van der Waals surface area contributed by atoms with Crippen molar-refractivity contribution in [2.24, 2.45) is 0 Å². The van der Waals surface area contributed by atoms with Crippen LogP contribution < -0.4 is 14.8 Å². The number of carbonyl (C=O) groups excluding carboxylic acids is 2. The number of hydrogen-bond donors (Lipinski definition) is 1. The van der Waals surface area contributed by atoms with Gasteiger partial charge in [-0.3, -0.25) is 14.5 Å². The van der Waals surface area contributed by atoms with Crippen molar-refractivity contribution >= 4 is 51.9 Å². The van der Waals surface area contributed by atoms with Crippen molar-refractivity contribution < 1.29 is 19.1 Å². The minimum atomic E-state index is -0.268. The molecule has 2 aromatic rings. The Labute approximate surface area is 197 Å². The summed E-state index contributed by atoms with van der Waals surface area (Å²) in [5.41, 5.74) is 3.63. The van der Waals surface area contributed by atoms with Crippen LogP contribution in [0.5, 0.6) is 11.5 Å². The number of benzene rings is 2. The SMILES string of the molecule is C=CCN1C(=O)/C(=C/c2ccc(OCC(=O)Nc3cccc(C)c3C)c(OC)c2)SC1=S. The van der Waals surface area contributed by atoms with Crippen LogP contribution in [0.1, 0.15) is 16.7 Å². The van der Waals surface area contributed by atoms with Crippen molar-refractivity contribution in [3.63, 3.8) is 0 Å². The highest BCUT2D eigenvalue weighted by atomic mass is 32.2. The Bertz CT molecular complexity index is 1110. The number of methoxy groups -OCH3 is 1. The summed E-state index contributed by atoms with van der Waals surface area (Å²) in [5.74, 6) is 0.470. The summed E-state index contributed by atoms with van der Waals surface area (Å²) in [6.45, 7) is 7.82. The van der Waals surface area contributed by atoms with Crippen LogP contribution >= 0.6 is 24.0 Å². The highest BCUT2D eigenvalue weighted by molar-refractivity contribution is 8.26. The molecule has 2 amide bonds. The molecule has 0 spiro atoms. The van der Waals surface area contributed by atoms with E-state index in [1.54, 1.807) is 30.4 Å². The van der Waals surface area contributed by atoms with Gasteiger partial charge in [-0.05, 0) is 54.8 Å². The van der Waals surface area contributed by atoms with E-state index in [0.717, 1.165) is 22.4 Å². The Morgan fingerprint density at radius 2 is 2.03 bits per heavy atom. The Kier molecular flexibility index (Phi) is 7.71. The minimum Gasteiger partial charge on any atom is -0.493 e. The van der Waals surface area contributed by atoms with E-state index in [1.165, 1.54) is 23.8 Å². The van der Waals surface area contributed by atoms with Crippen molar-refractivity contribution in [3.8, 4) is 11.5 Å². The molecule has 1 heterocycles. The fourth-order valence-corrected chi connectivity index (χ4v) is 4.32. The number of hydrogen-bond acceptors (Lipinski definition) is 6. The molecular formula is C24H24N2O4S2. The number of nitrogens with zero attached hydrogens (tertiary/aromatic N) is 1. The average Bonchev–Trinajstić information content (AvgIpc) is 3.03. The number of ether oxygens (including phenoxy) is 2. The first-order valence-corrected chi connectivity index (χ1v) is 11.1. The molecule has 6 nitrogen and oxygen atoms in total. The highest BCUT2D eigenvalue weighted by Gasteiger charge is 2.31. The first-order valence-electron chi connectivity index (χ1n) is 9.87. The molecule has 3 rings (SSSR count). The van der Waals surface area contributed by atoms with E-state index in [4.69, 9.17) is 21.7 Å². The van der Waals surface area contributed by atoms with Crippen LogP contribution in [0.25, 0.3) is 6.08 Å². The maximum atomic E-state index is 12.5. The van der Waals surface area contributed by atoms with Gasteiger partial charge in [0.05, 0.1) is 12.0 Å². The van der Waals surface area contributed by atoms with Crippen molar-refractivity contribution in [1.82, 2.24) is 4.90 Å². The molecule has 0 atom stereocenters. The van der Waals surface area contributed by atoms with Gasteiger partial charge in [0, 0.05) is 12.2 Å². The maximum absolute atomic E-state index is 12.5. The van der Waals surface area contributed by atoms with Crippen LogP contribution in [0.3, 0.4) is 0 Å². The lowest BCUT2D eigenvalue weighted by molar-refractivity contribution is -0.121. The molecule has 1 fully saturated rings. The highest BCUT2D eigenvalue weighted by Crippen LogP contribution is 2.34. The third kappa shape index (κ3) is 5.38. The first-order chi connectivity index (χ1) is 15.3. The summed E-state index contributed by atoms with van der Waals surface area (Å²) in [6, 6.07) is 11.0. The molecular weight excluding hydrogens is 444 g/mol. The number of amides is 2. The quantitative estimate of drug-likeness (QED) is 0.344. The number of anilines is 1. The van der Waals surface area contributed by atoms with Gasteiger partial charge in [0.1, 0.15) is 4.32 Å². The molecule has 32 heavy (non-hydrogen) atoms. The van der Waals surface area contributed by atoms with E-state index in [-0.39, 0.29) is 18.4 Å². The van der Waals surface area contributed by atoms with Crippen molar-refractivity contribution in [2.45, 2.75) is 13.8 Å². The van der Waals surface area contributed by atoms with Gasteiger partial charge in [0.25, 0.3) is 11.8 Å². The number of rotatable bonds is 8. The van der Waals surface area contributed by atoms with E-state index in [0.29, 0.717) is 27.3 Å². The average molecular weight is 469 g/mol. The molecule has 1 aliphatic rings. The van der Waals surface area contributed by atoms with Crippen LogP contribution in [0, 0.1) is 13.8 Å². The summed E-state index contributed by atoms with van der Waals surface area (Å²) in [7, 11) is 1.52. The smallest absolute Gasteiger partial charge is 0.266 e. The van der Waals surface area contributed by atoms with Crippen LogP contribution in [-0.2, 0) is 9.59 Å². The Hall–Kier alpha value is -3.10. The standard InChI is InChI=1S/C24H24N2O4S2/c1-5-11-26-23(28)21(32-24(26)31)13-17-9-10-19(20(12-17)29-4)30-14-22(27)25-18-8-6-7-15(2)16(18)3/h5-10,12-13H,1,11,14H2,2-4H3,(H,25,27)/b21-13-. The van der Waals surface area contributed by atoms with Crippen molar-refractivity contribution in [1.29, 1.82) is 0 Å². The molecule has 8 heteroatoms. The summed E-state index contributed by atoms with van der Waals surface area (Å²) in [6.07, 6.45) is 3.39. The zero-order valence-corrected chi connectivity index (χ0v) is 19.8. The fraction of sp³-hybridized carbons (Fsp3) is 0.208. The zero-order chi connectivity index (χ0) is 23.3. The van der Waals surface area contributed by atoms with E-state index in [2.05, 4.69) is 11.9 Å². The maximum Gasteiger partial charge on any atom is 0.266 e. The van der Waals surface area contributed by atoms with E-state index in [9.17, 15) is 9.59 Å². The molecule has 0 bridgehead atoms. The molecule has 0 aliphatic carbocycles. The molecule has 0 saturated carbocycles. The first kappa shape index (κ1) is 23.6. The van der Waals surface area contributed by atoms with Gasteiger partial charge in [0.15, 0.2) is 18.1 Å². The fourth-order valence-electron chi connectivity index (χ4n) is 3.05. The molecule has 1 N–H and O–H groups in total. The summed E-state index contributed by atoms with van der Waals surface area (Å²) >= 11 is 6.51. The minimum absolute atomic E-state index is 0.151. The van der Waals surface area contributed by atoms with Gasteiger partial charge < -0.3 is 14.8 Å². The van der Waals surface area contributed by atoms with Gasteiger partial charge in [-0.1, -0.05) is 48.3 Å². The summed E-state index contributed by atoms with van der Waals surface area (Å²) in [5, 5.41) is 2.86. The summed E-state index contributed by atoms with van der Waals surface area (Å²) < 4.78 is 11.6. The van der Waals surface area contributed by atoms with E-state index in [1.807, 2.05) is 32.0 Å². The number of thiocarbonyl (C=S) groups is 1. The Morgan fingerprint density at radius 3 is 2.75 bits per heavy atom. The lowest BCUT2D eigenvalue weighted by atomic mass is 10.1. The van der Waals surface area contributed by atoms with Crippen molar-refractivity contribution in [3.05, 3.63) is 70.6 Å². The predicted octanol–water partition coefficient (Wildman–Crippen LogP) is 4.72. The zero-order valence-electron chi connectivity index (χ0n) is 18.1. The molecule has 0 unspecified atom stereocenters. The molecule has 2 aromatic carbocycles. The van der Waals surface area contributed by atoms with Gasteiger partial charge in [-0.15, -0.1) is 6.58 Å². The summed E-state index contributed by atoms with van der Waals surface area (Å²) in [4.78, 5) is 26.9. The van der Waals surface area contributed by atoms with Gasteiger partial charge in [-0.2, -0.15) is 0 Å². The number of carbonyl (C=O) groups is 2. The molecule has 1 aliphatic heterocycles. The lowest BCUT2D eigenvalue weighted by Crippen LogP contribution is -2.27. The van der Waals surface area contributed by atoms with Crippen LogP contribution in [0.15, 0.2) is 54.0 Å². The van der Waals surface area contributed by atoms with Gasteiger partial charge in [-0.25, -0.2) is 0 Å². The van der Waals surface area contributed by atoms with Crippen LogP contribution in [0.4, 0.5) is 5.69 Å². The van der Waals surface area contributed by atoms with E-state index >= 15 is 0 Å². The Morgan fingerprint density at radius 1 is 1.25 bits per heavy atom. The second-order valence-electron chi connectivity index (χ2n) is 7.08. The topological polar surface area (TPSA) is 67.9 Å². The van der Waals surface area contributed by atoms with Crippen molar-refractivity contribution in [2.75, 3.05) is 25.6 Å². The molecule has 0 radical (unpaired) electrons. The van der Waals surface area contributed by atoms with Crippen LogP contribution in [0.2, 0.25) is 0 Å². The number of nitrogens with one attached hydrogen (secondary N) is 1. The normalized spacial score (nSPS) is 14.6. The molecule has 166 valence electrons. The number of thioether (sulfide) groups is 1. The second-order valence-corrected chi connectivity index (χ2v) is 8.75. The Balaban J connectivity index is 1.68. The second kappa shape index (κ2) is 10.5. The van der Waals surface area contributed by atoms with Crippen LogP contribution in [-0.4, -0.2) is 41.3 Å². The van der Waals surface area contributed by atoms with Gasteiger partial charge >= 0.3 is 0 Å². The molecule has 1 saturated heterocycles. The predicted molar refractivity (Wildman–Crippen MR) is 133 cm³/mol. The monoisotopic (exact) mass is 468 g/mol. The number of aryl methyl sites for hydroxylation is 1. The van der Waals surface area contributed by atoms with Gasteiger partial charge in [0.2, 0.25) is 0 Å². The van der Waals surface area contributed by atoms with E-state index < -0.39 is 0 Å². The molecule has 0 aromatic heterocycles. The largest absolute Gasteiger partial charge is 0.493 e.